The molecule has 0 heteroatoms. The Labute approximate surface area is 92.6 Å². The maximum Gasteiger partial charge on any atom is -0.0181 e. The fourth-order valence-electron chi connectivity index (χ4n) is 1.66. The van der Waals surface area contributed by atoms with Crippen LogP contribution in [0.5, 0.6) is 0 Å². The second-order valence-electron chi connectivity index (χ2n) is 3.76. The Morgan fingerprint density at radius 3 is 2.47 bits per heavy atom. The van der Waals surface area contributed by atoms with E-state index in [1.807, 2.05) is 19.9 Å². The highest BCUT2D eigenvalue weighted by molar-refractivity contribution is 5.77. The van der Waals surface area contributed by atoms with E-state index >= 15 is 0 Å². The van der Waals surface area contributed by atoms with E-state index in [-0.39, 0.29) is 0 Å². The first-order chi connectivity index (χ1) is 7.10. The number of hydrogen-bond acceptors (Lipinski definition) is 0. The Kier molecular flexibility index (Phi) is 3.68. The minimum absolute atomic E-state index is 1.11. The maximum absolute atomic E-state index is 3.99. The van der Waals surface area contributed by atoms with E-state index in [9.17, 15) is 0 Å². The summed E-state index contributed by atoms with van der Waals surface area (Å²) in [4.78, 5) is 0. The van der Waals surface area contributed by atoms with Crippen molar-refractivity contribution in [1.29, 1.82) is 0 Å². The van der Waals surface area contributed by atoms with Gasteiger partial charge in [-0.25, -0.2) is 0 Å². The standard InChI is InChI=1S/C15H18/c1-6-13(7-2)14-9-8-12(5)15(10-14)11(3)4/h6-10H,1,3H2,2,4-5H3/b13-7+. The Morgan fingerprint density at radius 2 is 2.00 bits per heavy atom. The Balaban J connectivity index is 3.30. The molecule has 1 rings (SSSR count). The van der Waals surface area contributed by atoms with Crippen molar-refractivity contribution in [3.63, 3.8) is 0 Å². The minimum Gasteiger partial charge on any atom is -0.0985 e. The van der Waals surface area contributed by atoms with Crippen molar-refractivity contribution in [2.24, 2.45) is 0 Å². The van der Waals surface area contributed by atoms with E-state index < -0.39 is 0 Å². The molecule has 0 spiro atoms. The highest BCUT2D eigenvalue weighted by Gasteiger charge is 2.02. The molecule has 0 bridgehead atoms. The topological polar surface area (TPSA) is 0 Å². The first-order valence-corrected chi connectivity index (χ1v) is 5.15. The third-order valence-corrected chi connectivity index (χ3v) is 2.56. The summed E-state index contributed by atoms with van der Waals surface area (Å²) in [5.74, 6) is 0. The van der Waals surface area contributed by atoms with Crippen LogP contribution in [0.4, 0.5) is 0 Å². The molecule has 15 heavy (non-hydrogen) atoms. The molecule has 0 aliphatic carbocycles. The average Bonchev–Trinajstić information content (AvgIpc) is 2.21. The predicted octanol–water partition coefficient (Wildman–Crippen LogP) is 4.62. The molecule has 78 valence electrons. The molecule has 0 fully saturated rings. The van der Waals surface area contributed by atoms with E-state index in [0.29, 0.717) is 0 Å². The van der Waals surface area contributed by atoms with Gasteiger partial charge in [0, 0.05) is 0 Å². The molecule has 0 saturated heterocycles. The van der Waals surface area contributed by atoms with Gasteiger partial charge in [-0.15, -0.1) is 0 Å². The van der Waals surface area contributed by atoms with Crippen molar-refractivity contribution >= 4 is 11.1 Å². The Morgan fingerprint density at radius 1 is 1.33 bits per heavy atom. The van der Waals surface area contributed by atoms with Gasteiger partial charge in [0.2, 0.25) is 0 Å². The quantitative estimate of drug-likeness (QED) is 0.622. The lowest BCUT2D eigenvalue weighted by Crippen LogP contribution is -1.88. The number of aryl methyl sites for hydroxylation is 1. The molecule has 0 nitrogen and oxygen atoms in total. The van der Waals surface area contributed by atoms with E-state index in [4.69, 9.17) is 0 Å². The third kappa shape index (κ3) is 2.47. The molecule has 0 saturated carbocycles. The van der Waals surface area contributed by atoms with E-state index in [0.717, 1.165) is 11.1 Å². The summed E-state index contributed by atoms with van der Waals surface area (Å²) in [6.45, 7) is 14.0. The second kappa shape index (κ2) is 4.79. The lowest BCUT2D eigenvalue weighted by Gasteiger charge is -2.09. The van der Waals surface area contributed by atoms with Crippen LogP contribution in [0.1, 0.15) is 30.5 Å². The molecule has 0 aromatic heterocycles. The largest absolute Gasteiger partial charge is 0.0985 e. The van der Waals surface area contributed by atoms with Gasteiger partial charge in [-0.05, 0) is 49.1 Å². The molecule has 0 radical (unpaired) electrons. The van der Waals surface area contributed by atoms with Gasteiger partial charge in [-0.2, -0.15) is 0 Å². The first-order valence-electron chi connectivity index (χ1n) is 5.15. The van der Waals surface area contributed by atoms with E-state index in [1.54, 1.807) is 0 Å². The third-order valence-electron chi connectivity index (χ3n) is 2.56. The Bertz CT molecular complexity index is 420. The Hall–Kier alpha value is -1.56. The number of allylic oxidation sites excluding steroid dienone is 4. The minimum atomic E-state index is 1.11. The van der Waals surface area contributed by atoms with Crippen molar-refractivity contribution < 1.29 is 0 Å². The van der Waals surface area contributed by atoms with Crippen molar-refractivity contribution in [1.82, 2.24) is 0 Å². The summed E-state index contributed by atoms with van der Waals surface area (Å²) < 4.78 is 0. The van der Waals surface area contributed by atoms with Crippen LogP contribution < -0.4 is 0 Å². The maximum atomic E-state index is 3.99. The van der Waals surface area contributed by atoms with Crippen LogP contribution in [-0.4, -0.2) is 0 Å². The smallest absolute Gasteiger partial charge is 0.0181 e. The van der Waals surface area contributed by atoms with Gasteiger partial charge in [-0.1, -0.05) is 43.0 Å². The zero-order valence-electron chi connectivity index (χ0n) is 9.80. The molecule has 0 unspecified atom stereocenters. The van der Waals surface area contributed by atoms with Gasteiger partial charge < -0.3 is 0 Å². The van der Waals surface area contributed by atoms with Gasteiger partial charge in [0.1, 0.15) is 0 Å². The van der Waals surface area contributed by atoms with E-state index in [1.165, 1.54) is 16.7 Å². The van der Waals surface area contributed by atoms with Gasteiger partial charge >= 0.3 is 0 Å². The van der Waals surface area contributed by atoms with Crippen molar-refractivity contribution in [2.75, 3.05) is 0 Å². The van der Waals surface area contributed by atoms with Crippen LogP contribution >= 0.6 is 0 Å². The van der Waals surface area contributed by atoms with Crippen LogP contribution in [0.15, 0.2) is 43.5 Å². The lowest BCUT2D eigenvalue weighted by atomic mass is 9.96. The molecule has 0 aliphatic rings. The lowest BCUT2D eigenvalue weighted by molar-refractivity contribution is 1.40. The van der Waals surface area contributed by atoms with Crippen LogP contribution in [0.2, 0.25) is 0 Å². The summed E-state index contributed by atoms with van der Waals surface area (Å²) in [5.41, 5.74) is 5.97. The summed E-state index contributed by atoms with van der Waals surface area (Å²) in [7, 11) is 0. The van der Waals surface area contributed by atoms with Crippen molar-refractivity contribution in [3.05, 3.63) is 60.2 Å². The van der Waals surface area contributed by atoms with Gasteiger partial charge in [0.05, 0.1) is 0 Å². The molecule has 1 aromatic carbocycles. The van der Waals surface area contributed by atoms with E-state index in [2.05, 4.69) is 44.4 Å². The second-order valence-corrected chi connectivity index (χ2v) is 3.76. The van der Waals surface area contributed by atoms with Crippen molar-refractivity contribution in [2.45, 2.75) is 20.8 Å². The molecule has 0 aliphatic heterocycles. The van der Waals surface area contributed by atoms with Crippen LogP contribution in [0.3, 0.4) is 0 Å². The molecule has 0 N–H and O–H groups in total. The highest BCUT2D eigenvalue weighted by Crippen LogP contribution is 2.23. The monoisotopic (exact) mass is 198 g/mol. The average molecular weight is 198 g/mol. The molecule has 0 amide bonds. The molecule has 1 aromatic rings. The zero-order valence-corrected chi connectivity index (χ0v) is 9.80. The molecule has 0 atom stereocenters. The zero-order chi connectivity index (χ0) is 11.4. The van der Waals surface area contributed by atoms with Crippen LogP contribution in [0, 0.1) is 6.92 Å². The summed E-state index contributed by atoms with van der Waals surface area (Å²) >= 11 is 0. The predicted molar refractivity (Wildman–Crippen MR) is 69.7 cm³/mol. The fraction of sp³-hybridized carbons (Fsp3) is 0.200. The normalized spacial score (nSPS) is 11.3. The number of rotatable bonds is 3. The van der Waals surface area contributed by atoms with Gasteiger partial charge in [0.15, 0.2) is 0 Å². The fourth-order valence-corrected chi connectivity index (χ4v) is 1.66. The highest BCUT2D eigenvalue weighted by atomic mass is 14.1. The summed E-state index contributed by atoms with van der Waals surface area (Å²) in [6.07, 6.45) is 3.95. The number of hydrogen-bond donors (Lipinski definition) is 0. The molecular formula is C15H18. The number of benzene rings is 1. The van der Waals surface area contributed by atoms with Gasteiger partial charge in [0.25, 0.3) is 0 Å². The van der Waals surface area contributed by atoms with Crippen molar-refractivity contribution in [3.8, 4) is 0 Å². The molecular weight excluding hydrogens is 180 g/mol. The SMILES string of the molecule is C=C/C(=C\C)c1ccc(C)c(C(=C)C)c1. The summed E-state index contributed by atoms with van der Waals surface area (Å²) in [5, 5.41) is 0. The van der Waals surface area contributed by atoms with Crippen LogP contribution in [-0.2, 0) is 0 Å². The van der Waals surface area contributed by atoms with Gasteiger partial charge in [-0.3, -0.25) is 0 Å². The summed E-state index contributed by atoms with van der Waals surface area (Å²) in [6, 6.07) is 6.43. The molecule has 0 heterocycles. The first kappa shape index (κ1) is 11.5. The van der Waals surface area contributed by atoms with Crippen LogP contribution in [0.25, 0.3) is 11.1 Å².